The second-order valence-corrected chi connectivity index (χ2v) is 4.98. The summed E-state index contributed by atoms with van der Waals surface area (Å²) in [5.74, 6) is -0.729. The molecule has 0 spiro atoms. The van der Waals surface area contributed by atoms with Gasteiger partial charge in [-0.25, -0.2) is 4.98 Å². The Morgan fingerprint density at radius 3 is 2.55 bits per heavy atom. The third-order valence-electron chi connectivity index (χ3n) is 3.37. The number of imidazole rings is 1. The number of carbonyl (C=O) groups is 2. The molecule has 6 heteroatoms. The lowest BCUT2D eigenvalue weighted by Gasteiger charge is -2.30. The molecule has 1 rings (SSSR count). The highest BCUT2D eigenvalue weighted by atomic mass is 16.2. The Hall–Kier alpha value is -1.85. The van der Waals surface area contributed by atoms with E-state index in [-0.39, 0.29) is 5.91 Å². The maximum Gasteiger partial charge on any atom is 0.249 e. The van der Waals surface area contributed by atoms with Crippen LogP contribution in [0.5, 0.6) is 0 Å². The minimum Gasteiger partial charge on any atom is -0.367 e. The first-order chi connectivity index (χ1) is 9.56. The Balaban J connectivity index is 2.98. The van der Waals surface area contributed by atoms with Crippen molar-refractivity contribution in [1.29, 1.82) is 0 Å². The monoisotopic (exact) mass is 280 g/mol. The van der Waals surface area contributed by atoms with Crippen molar-refractivity contribution >= 4 is 11.8 Å². The van der Waals surface area contributed by atoms with Gasteiger partial charge >= 0.3 is 0 Å². The lowest BCUT2D eigenvalue weighted by atomic mass is 9.88. The minimum absolute atomic E-state index is 0.162. The van der Waals surface area contributed by atoms with Crippen LogP contribution < -0.4 is 11.1 Å². The van der Waals surface area contributed by atoms with Crippen molar-refractivity contribution in [2.24, 2.45) is 5.73 Å². The van der Waals surface area contributed by atoms with Gasteiger partial charge in [-0.1, -0.05) is 33.1 Å². The first-order valence-electron chi connectivity index (χ1n) is 7.17. The summed E-state index contributed by atoms with van der Waals surface area (Å²) in [4.78, 5) is 30.9. The van der Waals surface area contributed by atoms with Gasteiger partial charge in [0.1, 0.15) is 0 Å². The SMILES string of the molecule is CCCCC(=O)NC(CCCC)(C(N)=O)c1c[nH]cn1. The maximum absolute atomic E-state index is 12.0. The Morgan fingerprint density at radius 1 is 1.35 bits per heavy atom. The predicted molar refractivity (Wildman–Crippen MR) is 76.7 cm³/mol. The van der Waals surface area contributed by atoms with Gasteiger partial charge in [-0.15, -0.1) is 0 Å². The van der Waals surface area contributed by atoms with Crippen molar-refractivity contribution in [1.82, 2.24) is 15.3 Å². The van der Waals surface area contributed by atoms with E-state index in [9.17, 15) is 9.59 Å². The zero-order valence-electron chi connectivity index (χ0n) is 12.2. The molecule has 6 nitrogen and oxygen atoms in total. The summed E-state index contributed by atoms with van der Waals surface area (Å²) < 4.78 is 0. The van der Waals surface area contributed by atoms with Gasteiger partial charge in [-0.3, -0.25) is 9.59 Å². The number of amides is 2. The molecule has 1 atom stereocenters. The first kappa shape index (κ1) is 16.2. The molecule has 0 bridgehead atoms. The third kappa shape index (κ3) is 3.82. The van der Waals surface area contributed by atoms with Crippen molar-refractivity contribution in [2.45, 2.75) is 57.9 Å². The summed E-state index contributed by atoms with van der Waals surface area (Å²) in [7, 11) is 0. The zero-order chi connectivity index (χ0) is 15.0. The molecule has 0 aromatic carbocycles. The zero-order valence-corrected chi connectivity index (χ0v) is 12.2. The van der Waals surface area contributed by atoms with Crippen LogP contribution in [0.3, 0.4) is 0 Å². The summed E-state index contributed by atoms with van der Waals surface area (Å²) in [5.41, 5.74) is 4.84. The van der Waals surface area contributed by atoms with Crippen molar-refractivity contribution in [3.05, 3.63) is 18.2 Å². The highest BCUT2D eigenvalue weighted by Gasteiger charge is 2.41. The lowest BCUT2D eigenvalue weighted by Crippen LogP contribution is -2.55. The molecule has 0 saturated carbocycles. The van der Waals surface area contributed by atoms with E-state index in [0.717, 1.165) is 25.7 Å². The van der Waals surface area contributed by atoms with E-state index in [4.69, 9.17) is 5.73 Å². The topological polar surface area (TPSA) is 101 Å². The van der Waals surface area contributed by atoms with E-state index in [1.54, 1.807) is 6.20 Å². The van der Waals surface area contributed by atoms with Gasteiger partial charge in [0.05, 0.1) is 12.0 Å². The molecule has 20 heavy (non-hydrogen) atoms. The van der Waals surface area contributed by atoms with Gasteiger partial charge in [-0.05, 0) is 12.8 Å². The molecule has 0 aliphatic rings. The number of hydrogen-bond acceptors (Lipinski definition) is 3. The van der Waals surface area contributed by atoms with Gasteiger partial charge in [0.15, 0.2) is 5.54 Å². The molecule has 112 valence electrons. The molecule has 0 fully saturated rings. The van der Waals surface area contributed by atoms with Crippen LogP contribution in [0.1, 0.15) is 58.1 Å². The van der Waals surface area contributed by atoms with Crippen LogP contribution in [0.15, 0.2) is 12.5 Å². The van der Waals surface area contributed by atoms with Crippen LogP contribution in [-0.4, -0.2) is 21.8 Å². The van der Waals surface area contributed by atoms with E-state index >= 15 is 0 Å². The maximum atomic E-state index is 12.0. The van der Waals surface area contributed by atoms with Crippen LogP contribution in [0.25, 0.3) is 0 Å². The third-order valence-corrected chi connectivity index (χ3v) is 3.37. The Bertz CT molecular complexity index is 430. The highest BCUT2D eigenvalue weighted by Crippen LogP contribution is 2.26. The quantitative estimate of drug-likeness (QED) is 0.640. The van der Waals surface area contributed by atoms with E-state index in [0.29, 0.717) is 18.5 Å². The van der Waals surface area contributed by atoms with Crippen LogP contribution in [0.4, 0.5) is 0 Å². The van der Waals surface area contributed by atoms with E-state index < -0.39 is 11.4 Å². The fourth-order valence-corrected chi connectivity index (χ4v) is 2.14. The predicted octanol–water partition coefficient (Wildman–Crippen LogP) is 1.59. The molecular weight excluding hydrogens is 256 g/mol. The summed E-state index contributed by atoms with van der Waals surface area (Å²) >= 11 is 0. The van der Waals surface area contributed by atoms with Gasteiger partial charge < -0.3 is 16.0 Å². The number of nitrogens with two attached hydrogens (primary N) is 1. The largest absolute Gasteiger partial charge is 0.367 e. The van der Waals surface area contributed by atoms with Crippen molar-refractivity contribution in [2.75, 3.05) is 0 Å². The number of primary amides is 1. The fourth-order valence-electron chi connectivity index (χ4n) is 2.14. The molecule has 2 amide bonds. The number of H-pyrrole nitrogens is 1. The molecule has 1 aromatic heterocycles. The standard InChI is InChI=1S/C14H24N4O2/c1-3-5-7-12(19)18-14(13(15)20,8-6-4-2)11-9-16-10-17-11/h9-10H,3-8H2,1-2H3,(H2,15,20)(H,16,17)(H,18,19). The van der Waals surface area contributed by atoms with Gasteiger partial charge in [0.25, 0.3) is 0 Å². The second kappa shape index (κ2) is 7.67. The normalized spacial score (nSPS) is 13.7. The van der Waals surface area contributed by atoms with Gasteiger partial charge in [0.2, 0.25) is 11.8 Å². The van der Waals surface area contributed by atoms with Crippen LogP contribution >= 0.6 is 0 Å². The molecule has 1 unspecified atom stereocenters. The Kier molecular flexibility index (Phi) is 6.21. The average molecular weight is 280 g/mol. The minimum atomic E-state index is -1.21. The summed E-state index contributed by atoms with van der Waals surface area (Å²) in [6, 6.07) is 0. The molecule has 0 radical (unpaired) electrons. The number of nitrogens with one attached hydrogen (secondary N) is 2. The van der Waals surface area contributed by atoms with Crippen molar-refractivity contribution in [3.63, 3.8) is 0 Å². The molecular formula is C14H24N4O2. The number of rotatable bonds is 9. The van der Waals surface area contributed by atoms with Gasteiger partial charge in [-0.2, -0.15) is 0 Å². The summed E-state index contributed by atoms with van der Waals surface area (Å²) in [6.07, 6.45) is 7.35. The first-order valence-corrected chi connectivity index (χ1v) is 7.17. The fraction of sp³-hybridized carbons (Fsp3) is 0.643. The van der Waals surface area contributed by atoms with E-state index in [1.807, 2.05) is 13.8 Å². The number of aromatic nitrogens is 2. The summed E-state index contributed by atoms with van der Waals surface area (Å²) in [5, 5.41) is 2.81. The van der Waals surface area contributed by atoms with Crippen LogP contribution in [0.2, 0.25) is 0 Å². The number of aromatic amines is 1. The number of hydrogen-bond donors (Lipinski definition) is 3. The van der Waals surface area contributed by atoms with Crippen molar-refractivity contribution < 1.29 is 9.59 Å². The lowest BCUT2D eigenvalue weighted by molar-refractivity contribution is -0.132. The van der Waals surface area contributed by atoms with Crippen molar-refractivity contribution in [3.8, 4) is 0 Å². The molecule has 1 aromatic rings. The Morgan fingerprint density at radius 2 is 2.05 bits per heavy atom. The van der Waals surface area contributed by atoms with Crippen LogP contribution in [0, 0.1) is 0 Å². The van der Waals surface area contributed by atoms with E-state index in [1.165, 1.54) is 6.33 Å². The molecule has 1 heterocycles. The summed E-state index contributed by atoms with van der Waals surface area (Å²) in [6.45, 7) is 4.04. The molecule has 0 aliphatic carbocycles. The number of nitrogens with zero attached hydrogens (tertiary/aromatic N) is 1. The molecule has 0 saturated heterocycles. The number of carbonyl (C=O) groups excluding carboxylic acids is 2. The smallest absolute Gasteiger partial charge is 0.249 e. The van der Waals surface area contributed by atoms with Crippen LogP contribution in [-0.2, 0) is 15.1 Å². The second-order valence-electron chi connectivity index (χ2n) is 4.98. The number of unbranched alkanes of at least 4 members (excludes halogenated alkanes) is 2. The molecule has 0 aliphatic heterocycles. The molecule has 4 N–H and O–H groups in total. The highest BCUT2D eigenvalue weighted by molar-refractivity contribution is 5.91. The average Bonchev–Trinajstić information content (AvgIpc) is 2.95. The Labute approximate surface area is 119 Å². The van der Waals surface area contributed by atoms with E-state index in [2.05, 4.69) is 15.3 Å². The van der Waals surface area contributed by atoms with Gasteiger partial charge in [0, 0.05) is 12.6 Å².